The first-order chi connectivity index (χ1) is 10.1. The largest absolute Gasteiger partial charge is 0.335 e. The molecule has 2 aromatic heterocycles. The molecule has 0 spiro atoms. The lowest BCUT2D eigenvalue weighted by Crippen LogP contribution is -2.41. The Hall–Kier alpha value is -2.18. The number of aromatic nitrogens is 5. The van der Waals surface area contributed by atoms with Crippen LogP contribution < -0.4 is 0 Å². The molecular formula is C14H20N6O. The van der Waals surface area contributed by atoms with Crippen molar-refractivity contribution in [2.45, 2.75) is 38.6 Å². The standard InChI is InChI=1S/C14H20N6O/c1-10(2)12-6-13(18-17-12)14(21)19-5-3-4-11(7-19)20-9-15-8-16-20/h6,8-11H,3-5,7H2,1-2H3,(H,17,18)/t11-/m0/s1. The molecule has 0 unspecified atom stereocenters. The monoisotopic (exact) mass is 288 g/mol. The number of carbonyl (C=O) groups excluding carboxylic acids is 1. The van der Waals surface area contributed by atoms with Gasteiger partial charge in [-0.1, -0.05) is 13.8 Å². The van der Waals surface area contributed by atoms with Crippen LogP contribution in [0.5, 0.6) is 0 Å². The van der Waals surface area contributed by atoms with E-state index in [1.165, 1.54) is 6.33 Å². The molecule has 1 saturated heterocycles. The van der Waals surface area contributed by atoms with E-state index in [1.54, 1.807) is 6.33 Å². The number of nitrogens with zero attached hydrogens (tertiary/aromatic N) is 5. The quantitative estimate of drug-likeness (QED) is 0.930. The molecule has 1 N–H and O–H groups in total. The third kappa shape index (κ3) is 2.81. The summed E-state index contributed by atoms with van der Waals surface area (Å²) in [5.41, 5.74) is 1.49. The molecule has 0 bridgehead atoms. The van der Waals surface area contributed by atoms with Crippen LogP contribution in [-0.2, 0) is 0 Å². The van der Waals surface area contributed by atoms with Crippen LogP contribution in [0.3, 0.4) is 0 Å². The Bertz CT molecular complexity index is 603. The highest BCUT2D eigenvalue weighted by Gasteiger charge is 2.27. The van der Waals surface area contributed by atoms with Gasteiger partial charge in [-0.2, -0.15) is 10.2 Å². The van der Waals surface area contributed by atoms with E-state index in [9.17, 15) is 4.79 Å². The second kappa shape index (κ2) is 5.67. The molecule has 1 aliphatic rings. The Morgan fingerprint density at radius 3 is 3.00 bits per heavy atom. The van der Waals surface area contributed by atoms with Gasteiger partial charge in [0.2, 0.25) is 0 Å². The summed E-state index contributed by atoms with van der Waals surface area (Å²) in [4.78, 5) is 18.4. The van der Waals surface area contributed by atoms with Crippen molar-refractivity contribution in [3.05, 3.63) is 30.1 Å². The topological polar surface area (TPSA) is 79.7 Å². The summed E-state index contributed by atoms with van der Waals surface area (Å²) < 4.78 is 1.84. The molecule has 7 heteroatoms. The lowest BCUT2D eigenvalue weighted by Gasteiger charge is -2.32. The lowest BCUT2D eigenvalue weighted by atomic mass is 10.1. The van der Waals surface area contributed by atoms with Gasteiger partial charge in [-0.25, -0.2) is 9.67 Å². The van der Waals surface area contributed by atoms with Crippen LogP contribution >= 0.6 is 0 Å². The maximum Gasteiger partial charge on any atom is 0.274 e. The second-order valence-corrected chi connectivity index (χ2v) is 5.79. The van der Waals surface area contributed by atoms with Gasteiger partial charge >= 0.3 is 0 Å². The fourth-order valence-electron chi connectivity index (χ4n) is 2.67. The smallest absolute Gasteiger partial charge is 0.274 e. The zero-order chi connectivity index (χ0) is 14.8. The molecule has 1 aliphatic heterocycles. The normalized spacial score (nSPS) is 19.2. The van der Waals surface area contributed by atoms with E-state index in [0.29, 0.717) is 18.2 Å². The van der Waals surface area contributed by atoms with Crippen molar-refractivity contribution in [3.8, 4) is 0 Å². The summed E-state index contributed by atoms with van der Waals surface area (Å²) in [5, 5.41) is 11.3. The number of piperidine rings is 1. The van der Waals surface area contributed by atoms with E-state index in [4.69, 9.17) is 0 Å². The molecule has 1 atom stereocenters. The van der Waals surface area contributed by atoms with E-state index >= 15 is 0 Å². The Kier molecular flexibility index (Phi) is 3.72. The van der Waals surface area contributed by atoms with Gasteiger partial charge in [0.1, 0.15) is 18.3 Å². The van der Waals surface area contributed by atoms with Gasteiger partial charge in [-0.3, -0.25) is 9.89 Å². The zero-order valence-electron chi connectivity index (χ0n) is 12.4. The van der Waals surface area contributed by atoms with E-state index in [2.05, 4.69) is 34.1 Å². The molecule has 0 aliphatic carbocycles. The van der Waals surface area contributed by atoms with Crippen LogP contribution in [0.2, 0.25) is 0 Å². The Balaban J connectivity index is 1.71. The zero-order valence-corrected chi connectivity index (χ0v) is 12.4. The first kappa shape index (κ1) is 13.8. The Morgan fingerprint density at radius 1 is 1.48 bits per heavy atom. The fourth-order valence-corrected chi connectivity index (χ4v) is 2.67. The number of carbonyl (C=O) groups is 1. The van der Waals surface area contributed by atoms with Crippen molar-refractivity contribution < 1.29 is 4.79 Å². The van der Waals surface area contributed by atoms with Crippen molar-refractivity contribution in [2.24, 2.45) is 0 Å². The van der Waals surface area contributed by atoms with Crippen LogP contribution in [-0.4, -0.2) is 48.9 Å². The van der Waals surface area contributed by atoms with Crippen LogP contribution in [0.15, 0.2) is 18.7 Å². The second-order valence-electron chi connectivity index (χ2n) is 5.79. The molecule has 1 fully saturated rings. The predicted molar refractivity (Wildman–Crippen MR) is 76.9 cm³/mol. The fraction of sp³-hybridized carbons (Fsp3) is 0.571. The van der Waals surface area contributed by atoms with Crippen LogP contribution in [0, 0.1) is 0 Å². The van der Waals surface area contributed by atoms with Gasteiger partial charge in [-0.05, 0) is 24.8 Å². The summed E-state index contributed by atoms with van der Waals surface area (Å²) in [6.07, 6.45) is 5.23. The average molecular weight is 288 g/mol. The van der Waals surface area contributed by atoms with Crippen LogP contribution in [0.1, 0.15) is 54.8 Å². The predicted octanol–water partition coefficient (Wildman–Crippen LogP) is 1.60. The minimum absolute atomic E-state index is 0.0111. The Morgan fingerprint density at radius 2 is 2.33 bits per heavy atom. The molecule has 1 amide bonds. The highest BCUT2D eigenvalue weighted by atomic mass is 16.2. The highest BCUT2D eigenvalue weighted by molar-refractivity contribution is 5.92. The van der Waals surface area contributed by atoms with E-state index in [-0.39, 0.29) is 11.9 Å². The number of nitrogens with one attached hydrogen (secondary N) is 1. The third-order valence-corrected chi connectivity index (χ3v) is 3.93. The van der Waals surface area contributed by atoms with Crippen molar-refractivity contribution in [2.75, 3.05) is 13.1 Å². The van der Waals surface area contributed by atoms with Crippen molar-refractivity contribution in [1.82, 2.24) is 29.9 Å². The first-order valence-corrected chi connectivity index (χ1v) is 7.34. The molecule has 0 aromatic carbocycles. The van der Waals surface area contributed by atoms with E-state index in [1.807, 2.05) is 15.6 Å². The molecule has 0 saturated carbocycles. The summed E-state index contributed by atoms with van der Waals surface area (Å²) in [6, 6.07) is 2.06. The molecule has 7 nitrogen and oxygen atoms in total. The molecule has 112 valence electrons. The van der Waals surface area contributed by atoms with E-state index in [0.717, 1.165) is 25.1 Å². The van der Waals surface area contributed by atoms with Crippen molar-refractivity contribution in [1.29, 1.82) is 0 Å². The average Bonchev–Trinajstić information content (AvgIpc) is 3.18. The number of aromatic amines is 1. The molecule has 0 radical (unpaired) electrons. The van der Waals surface area contributed by atoms with Gasteiger partial charge in [0, 0.05) is 18.8 Å². The maximum atomic E-state index is 12.5. The minimum atomic E-state index is -0.0111. The minimum Gasteiger partial charge on any atom is -0.335 e. The van der Waals surface area contributed by atoms with Crippen LogP contribution in [0.4, 0.5) is 0 Å². The van der Waals surface area contributed by atoms with Crippen molar-refractivity contribution in [3.63, 3.8) is 0 Å². The summed E-state index contributed by atoms with van der Waals surface area (Å²) in [6.45, 7) is 5.58. The summed E-state index contributed by atoms with van der Waals surface area (Å²) in [7, 11) is 0. The molecular weight excluding hydrogens is 268 g/mol. The molecule has 21 heavy (non-hydrogen) atoms. The van der Waals surface area contributed by atoms with Gasteiger partial charge in [0.05, 0.1) is 6.04 Å². The van der Waals surface area contributed by atoms with Gasteiger partial charge in [0.15, 0.2) is 0 Å². The van der Waals surface area contributed by atoms with Crippen LogP contribution in [0.25, 0.3) is 0 Å². The molecule has 2 aromatic rings. The lowest BCUT2D eigenvalue weighted by molar-refractivity contribution is 0.0666. The van der Waals surface area contributed by atoms with Gasteiger partial charge in [0.25, 0.3) is 5.91 Å². The number of hydrogen-bond acceptors (Lipinski definition) is 4. The number of rotatable bonds is 3. The highest BCUT2D eigenvalue weighted by Crippen LogP contribution is 2.22. The number of likely N-dealkylation sites (tertiary alicyclic amines) is 1. The molecule has 3 heterocycles. The van der Waals surface area contributed by atoms with Crippen molar-refractivity contribution >= 4 is 5.91 Å². The number of amides is 1. The summed E-state index contributed by atoms with van der Waals surface area (Å²) >= 11 is 0. The van der Waals surface area contributed by atoms with E-state index < -0.39 is 0 Å². The summed E-state index contributed by atoms with van der Waals surface area (Å²) in [5.74, 6) is 0.325. The molecule has 3 rings (SSSR count). The van der Waals surface area contributed by atoms with Gasteiger partial charge in [-0.15, -0.1) is 0 Å². The van der Waals surface area contributed by atoms with Gasteiger partial charge < -0.3 is 4.90 Å². The maximum absolute atomic E-state index is 12.5. The third-order valence-electron chi connectivity index (χ3n) is 3.93. The first-order valence-electron chi connectivity index (χ1n) is 7.34. The number of H-pyrrole nitrogens is 1. The SMILES string of the molecule is CC(C)c1cc(C(=O)N2CCC[C@H](n3cncn3)C2)n[nH]1. The number of hydrogen-bond donors (Lipinski definition) is 1. The Labute approximate surface area is 123 Å².